The van der Waals surface area contributed by atoms with Crippen molar-refractivity contribution in [3.05, 3.63) is 70.9 Å². The normalized spacial score (nSPS) is 12.2. The Hall–Kier alpha value is -4.09. The van der Waals surface area contributed by atoms with Gasteiger partial charge in [0.1, 0.15) is 11.6 Å². The van der Waals surface area contributed by atoms with Crippen molar-refractivity contribution in [2.75, 3.05) is 30.9 Å². The average molecular weight is 567 g/mol. The summed E-state index contributed by atoms with van der Waals surface area (Å²) >= 11 is 0. The van der Waals surface area contributed by atoms with Gasteiger partial charge >= 0.3 is 12.4 Å². The predicted molar refractivity (Wildman–Crippen MR) is 141 cm³/mol. The van der Waals surface area contributed by atoms with Crippen molar-refractivity contribution in [3.63, 3.8) is 0 Å². The van der Waals surface area contributed by atoms with Gasteiger partial charge in [0.2, 0.25) is 5.91 Å². The molecular formula is C28H28F6N4O2. The van der Waals surface area contributed by atoms with Crippen molar-refractivity contribution >= 4 is 23.6 Å². The molecule has 1 aromatic heterocycles. The number of carbonyl (C=O) groups excluding carboxylic acids is 1. The molecular weight excluding hydrogens is 538 g/mol. The molecule has 0 aliphatic carbocycles. The van der Waals surface area contributed by atoms with Crippen LogP contribution in [0.4, 0.5) is 37.8 Å². The lowest BCUT2D eigenvalue weighted by molar-refractivity contribution is -0.143. The molecule has 0 spiro atoms. The summed E-state index contributed by atoms with van der Waals surface area (Å²) in [5, 5.41) is 11.1. The number of halogens is 6. The third kappa shape index (κ3) is 5.90. The standard InChI is InChI=1S/C28H28F6N4O2/c1-6-36-24-20(14-35)23(19-9-7-8-10-22(19)40-5)21(15-37-24)38(4)25(39)26(2,3)16-11-17(27(29,30)31)13-18(12-16)28(32,33)34/h7-15,35H,6H2,1-5H3,(H,36,37). The lowest BCUT2D eigenvalue weighted by atomic mass is 9.81. The first-order valence-electron chi connectivity index (χ1n) is 12.1. The molecule has 0 bridgehead atoms. The zero-order valence-electron chi connectivity index (χ0n) is 22.4. The lowest BCUT2D eigenvalue weighted by Gasteiger charge is -2.32. The number of rotatable bonds is 8. The third-order valence-electron chi connectivity index (χ3n) is 6.47. The molecule has 3 aromatic rings. The predicted octanol–water partition coefficient (Wildman–Crippen LogP) is 7.16. The van der Waals surface area contributed by atoms with Crippen molar-refractivity contribution < 1.29 is 35.9 Å². The number of amides is 1. The number of alkyl halides is 6. The smallest absolute Gasteiger partial charge is 0.416 e. The number of nitrogens with one attached hydrogen (secondary N) is 2. The van der Waals surface area contributed by atoms with E-state index in [-0.39, 0.29) is 11.8 Å². The Morgan fingerprint density at radius 2 is 1.57 bits per heavy atom. The monoisotopic (exact) mass is 566 g/mol. The zero-order chi connectivity index (χ0) is 30.0. The van der Waals surface area contributed by atoms with Crippen LogP contribution in [-0.4, -0.2) is 37.8 Å². The van der Waals surface area contributed by atoms with E-state index >= 15 is 0 Å². The summed E-state index contributed by atoms with van der Waals surface area (Å²) < 4.78 is 86.7. The first kappa shape index (κ1) is 30.5. The second-order valence-electron chi connectivity index (χ2n) is 9.44. The van der Waals surface area contributed by atoms with Gasteiger partial charge in [-0.2, -0.15) is 26.3 Å². The van der Waals surface area contributed by atoms with Gasteiger partial charge in [0.05, 0.1) is 35.5 Å². The van der Waals surface area contributed by atoms with Crippen LogP contribution in [0.15, 0.2) is 48.7 Å². The number of aromatic nitrogens is 1. The number of para-hydroxylation sites is 1. The van der Waals surface area contributed by atoms with Crippen LogP contribution in [-0.2, 0) is 22.6 Å². The van der Waals surface area contributed by atoms with Gasteiger partial charge in [0.25, 0.3) is 0 Å². The fraction of sp³-hybridized carbons (Fsp3) is 0.321. The lowest BCUT2D eigenvalue weighted by Crippen LogP contribution is -2.42. The van der Waals surface area contributed by atoms with E-state index in [1.54, 1.807) is 24.3 Å². The Balaban J connectivity index is 2.25. The summed E-state index contributed by atoms with van der Waals surface area (Å²) in [6, 6.07) is 7.94. The topological polar surface area (TPSA) is 78.3 Å². The molecule has 2 N–H and O–H groups in total. The van der Waals surface area contributed by atoms with Gasteiger partial charge in [-0.25, -0.2) is 4.98 Å². The van der Waals surface area contributed by atoms with Gasteiger partial charge in [0.15, 0.2) is 0 Å². The van der Waals surface area contributed by atoms with Crippen molar-refractivity contribution in [2.24, 2.45) is 0 Å². The maximum absolute atomic E-state index is 13.9. The summed E-state index contributed by atoms with van der Waals surface area (Å²) in [6.45, 7) is 4.80. The molecule has 3 rings (SSSR count). The maximum Gasteiger partial charge on any atom is 0.416 e. The van der Waals surface area contributed by atoms with Gasteiger partial charge in [-0.15, -0.1) is 0 Å². The molecule has 0 unspecified atom stereocenters. The number of hydrogen-bond donors (Lipinski definition) is 2. The van der Waals surface area contributed by atoms with E-state index in [0.717, 1.165) is 11.1 Å². The molecule has 0 radical (unpaired) electrons. The maximum atomic E-state index is 13.9. The molecule has 0 saturated carbocycles. The molecule has 0 atom stereocenters. The Morgan fingerprint density at radius 1 is 1.02 bits per heavy atom. The number of methoxy groups -OCH3 is 1. The number of ether oxygens (including phenoxy) is 1. The van der Waals surface area contributed by atoms with Crippen LogP contribution in [0, 0.1) is 5.41 Å². The minimum Gasteiger partial charge on any atom is -0.496 e. The van der Waals surface area contributed by atoms with Crippen LogP contribution >= 0.6 is 0 Å². The number of likely N-dealkylation sites (N-methyl/N-ethyl adjacent to an activating group) is 1. The van der Waals surface area contributed by atoms with Crippen molar-refractivity contribution in [1.29, 1.82) is 5.41 Å². The molecule has 2 aromatic carbocycles. The van der Waals surface area contributed by atoms with Gasteiger partial charge in [-0.05, 0) is 50.6 Å². The summed E-state index contributed by atoms with van der Waals surface area (Å²) in [6.07, 6.45) is -7.73. The highest BCUT2D eigenvalue weighted by Gasteiger charge is 2.41. The minimum atomic E-state index is -5.07. The molecule has 12 heteroatoms. The zero-order valence-corrected chi connectivity index (χ0v) is 22.4. The highest BCUT2D eigenvalue weighted by Crippen LogP contribution is 2.43. The van der Waals surface area contributed by atoms with E-state index in [1.807, 2.05) is 6.92 Å². The van der Waals surface area contributed by atoms with Crippen LogP contribution in [0.5, 0.6) is 5.75 Å². The number of benzene rings is 2. The second kappa shape index (κ2) is 11.2. The quantitative estimate of drug-likeness (QED) is 0.224. The van der Waals surface area contributed by atoms with Crippen molar-refractivity contribution in [1.82, 2.24) is 4.98 Å². The van der Waals surface area contributed by atoms with E-state index in [0.29, 0.717) is 46.9 Å². The summed E-state index contributed by atoms with van der Waals surface area (Å²) in [4.78, 5) is 19.3. The van der Waals surface area contributed by atoms with Gasteiger partial charge in [0, 0.05) is 36.5 Å². The van der Waals surface area contributed by atoms with E-state index in [4.69, 9.17) is 10.1 Å². The first-order chi connectivity index (χ1) is 18.6. The summed E-state index contributed by atoms with van der Waals surface area (Å²) in [5.41, 5.74) is -3.99. The number of carbonyl (C=O) groups is 1. The summed E-state index contributed by atoms with van der Waals surface area (Å²) in [7, 11) is 2.79. The van der Waals surface area contributed by atoms with Crippen LogP contribution in [0.25, 0.3) is 11.1 Å². The first-order valence-corrected chi connectivity index (χ1v) is 12.1. The SMILES string of the molecule is CCNc1ncc(N(C)C(=O)C(C)(C)c2cc(C(F)(F)F)cc(C(F)(F)F)c2)c(-c2ccccc2OC)c1C=N. The van der Waals surface area contributed by atoms with Crippen molar-refractivity contribution in [3.8, 4) is 16.9 Å². The molecule has 6 nitrogen and oxygen atoms in total. The van der Waals surface area contributed by atoms with E-state index in [1.165, 1.54) is 34.2 Å². The average Bonchev–Trinajstić information content (AvgIpc) is 2.90. The molecule has 214 valence electrons. The van der Waals surface area contributed by atoms with Crippen LogP contribution in [0.1, 0.15) is 43.0 Å². The van der Waals surface area contributed by atoms with E-state index in [2.05, 4.69) is 10.3 Å². The Morgan fingerprint density at radius 3 is 2.08 bits per heavy atom. The largest absolute Gasteiger partial charge is 0.496 e. The Kier molecular flexibility index (Phi) is 8.51. The molecule has 1 heterocycles. The highest BCUT2D eigenvalue weighted by molar-refractivity contribution is 6.07. The number of anilines is 2. The van der Waals surface area contributed by atoms with Crippen molar-refractivity contribution in [2.45, 2.75) is 38.5 Å². The molecule has 40 heavy (non-hydrogen) atoms. The van der Waals surface area contributed by atoms with Crippen LogP contribution in [0.2, 0.25) is 0 Å². The highest BCUT2D eigenvalue weighted by atomic mass is 19.4. The van der Waals surface area contributed by atoms with E-state index < -0.39 is 40.4 Å². The number of hydrogen-bond acceptors (Lipinski definition) is 5. The Labute approximate surface area is 227 Å². The molecule has 0 fully saturated rings. The van der Waals surface area contributed by atoms with Crippen LogP contribution in [0.3, 0.4) is 0 Å². The van der Waals surface area contributed by atoms with Gasteiger partial charge in [-0.1, -0.05) is 18.2 Å². The van der Waals surface area contributed by atoms with E-state index in [9.17, 15) is 31.1 Å². The Bertz CT molecular complexity index is 1380. The van der Waals surface area contributed by atoms with Crippen LogP contribution < -0.4 is 15.0 Å². The van der Waals surface area contributed by atoms with Gasteiger partial charge in [-0.3, -0.25) is 4.79 Å². The summed E-state index contributed by atoms with van der Waals surface area (Å²) in [5.74, 6) is -0.0479. The molecule has 0 saturated heterocycles. The third-order valence-corrected chi connectivity index (χ3v) is 6.47. The molecule has 0 aliphatic rings. The fourth-order valence-corrected chi connectivity index (χ4v) is 4.32. The molecule has 0 aliphatic heterocycles. The van der Waals surface area contributed by atoms with Gasteiger partial charge < -0.3 is 20.4 Å². The minimum absolute atomic E-state index is 0.0211. The second-order valence-corrected chi connectivity index (χ2v) is 9.44. The number of nitrogens with zero attached hydrogens (tertiary/aromatic N) is 2. The number of pyridine rings is 1. The fourth-order valence-electron chi connectivity index (χ4n) is 4.32. The molecule has 1 amide bonds.